The fourth-order valence-corrected chi connectivity index (χ4v) is 4.03. The van der Waals surface area contributed by atoms with Crippen LogP contribution in [0.1, 0.15) is 46.6 Å². The Kier molecular flexibility index (Phi) is 3.87. The third-order valence-corrected chi connectivity index (χ3v) is 5.63. The van der Waals surface area contributed by atoms with Crippen LogP contribution in [-0.2, 0) is 5.54 Å². The first kappa shape index (κ1) is 15.9. The maximum absolute atomic E-state index is 8.95. The second kappa shape index (κ2) is 6.07. The van der Waals surface area contributed by atoms with Crippen molar-refractivity contribution in [3.05, 3.63) is 70.3 Å². The Labute approximate surface area is 150 Å². The topological polar surface area (TPSA) is 27.0 Å². The van der Waals surface area contributed by atoms with E-state index in [4.69, 9.17) is 5.26 Å². The molecule has 1 saturated heterocycles. The lowest BCUT2D eigenvalue weighted by molar-refractivity contribution is 0.155. The fraction of sp³-hybridized carbons (Fsp3) is 0.348. The first-order valence-electron chi connectivity index (χ1n) is 8.99. The minimum Gasteiger partial charge on any atom is -0.273 e. The van der Waals surface area contributed by atoms with Gasteiger partial charge in [0.1, 0.15) is 0 Å². The summed E-state index contributed by atoms with van der Waals surface area (Å²) in [5, 5.41) is 8.95. The molecule has 0 radical (unpaired) electrons. The Balaban J connectivity index is 1.48. The molecule has 1 aliphatic carbocycles. The van der Waals surface area contributed by atoms with Crippen molar-refractivity contribution < 1.29 is 0 Å². The molecule has 1 fully saturated rings. The van der Waals surface area contributed by atoms with Crippen molar-refractivity contribution in [3.8, 4) is 17.9 Å². The van der Waals surface area contributed by atoms with Crippen molar-refractivity contribution in [1.29, 1.82) is 5.26 Å². The van der Waals surface area contributed by atoms with Crippen LogP contribution < -0.4 is 0 Å². The molecule has 2 aromatic carbocycles. The molecule has 0 aromatic heterocycles. The van der Waals surface area contributed by atoms with Gasteiger partial charge in [0, 0.05) is 13.1 Å². The summed E-state index contributed by atoms with van der Waals surface area (Å²) < 4.78 is 0. The number of aryl methyl sites for hydroxylation is 2. The molecule has 0 N–H and O–H groups in total. The molecule has 25 heavy (non-hydrogen) atoms. The van der Waals surface area contributed by atoms with Crippen LogP contribution in [0.3, 0.4) is 0 Å². The molecule has 2 nitrogen and oxygen atoms in total. The van der Waals surface area contributed by atoms with Gasteiger partial charge in [-0.3, -0.25) is 4.90 Å². The maximum Gasteiger partial charge on any atom is 0.170 e. The summed E-state index contributed by atoms with van der Waals surface area (Å²) in [5.41, 5.74) is 5.85. The molecular formula is C23H22N2. The standard InChI is InChI=1S/C23H22N2/c1-17-3-4-18(2)22(15-17)23(11-12-23)25-13-9-21(10-14-25)20-7-5-19(16-24)6-8-20/h3-8,15,21H,9-10,13-14H2,1-2H3. The highest BCUT2D eigenvalue weighted by atomic mass is 15.2. The number of rotatable bonds is 3. The van der Waals surface area contributed by atoms with Gasteiger partial charge in [-0.25, -0.2) is 0 Å². The van der Waals surface area contributed by atoms with Crippen molar-refractivity contribution in [2.45, 2.75) is 38.1 Å². The summed E-state index contributed by atoms with van der Waals surface area (Å²) in [6, 6.07) is 17.0. The molecule has 2 heteroatoms. The highest BCUT2D eigenvalue weighted by Crippen LogP contribution is 2.41. The molecule has 1 heterocycles. The van der Waals surface area contributed by atoms with Crippen LogP contribution in [0.2, 0.25) is 0 Å². The SMILES string of the molecule is Cc1ccc(C)c(C2(N3CCC(c4ccc(C#N)cc4)CC3)C#C2)c1. The van der Waals surface area contributed by atoms with Crippen LogP contribution in [0, 0.1) is 37.0 Å². The van der Waals surface area contributed by atoms with Crippen LogP contribution in [0.15, 0.2) is 42.5 Å². The van der Waals surface area contributed by atoms with Gasteiger partial charge in [0.05, 0.1) is 11.6 Å². The smallest absolute Gasteiger partial charge is 0.170 e. The number of hydrogen-bond donors (Lipinski definition) is 0. The normalized spacial score (nSPS) is 18.9. The zero-order chi connectivity index (χ0) is 17.4. The number of piperidine rings is 1. The molecule has 0 unspecified atom stereocenters. The third-order valence-electron chi connectivity index (χ3n) is 5.63. The van der Waals surface area contributed by atoms with E-state index in [1.54, 1.807) is 0 Å². The van der Waals surface area contributed by atoms with E-state index in [1.807, 2.05) is 12.1 Å². The number of nitriles is 1. The molecule has 0 amide bonds. The second-order valence-electron chi connectivity index (χ2n) is 7.27. The summed E-state index contributed by atoms with van der Waals surface area (Å²) >= 11 is 0. The number of benzene rings is 2. The van der Waals surface area contributed by atoms with Crippen molar-refractivity contribution in [1.82, 2.24) is 4.90 Å². The molecule has 124 valence electrons. The maximum atomic E-state index is 8.95. The second-order valence-corrected chi connectivity index (χ2v) is 7.27. The Morgan fingerprint density at radius 1 is 1.04 bits per heavy atom. The molecule has 2 aliphatic rings. The highest BCUT2D eigenvalue weighted by Gasteiger charge is 2.45. The van der Waals surface area contributed by atoms with Gasteiger partial charge in [0.2, 0.25) is 0 Å². The largest absolute Gasteiger partial charge is 0.273 e. The monoisotopic (exact) mass is 326 g/mol. The highest BCUT2D eigenvalue weighted by molar-refractivity contribution is 5.58. The Morgan fingerprint density at radius 3 is 2.32 bits per heavy atom. The predicted octanol–water partition coefficient (Wildman–Crippen LogP) is 4.27. The van der Waals surface area contributed by atoms with Crippen LogP contribution >= 0.6 is 0 Å². The Bertz CT molecular complexity index is 890. The van der Waals surface area contributed by atoms with Crippen molar-refractivity contribution in [3.63, 3.8) is 0 Å². The van der Waals surface area contributed by atoms with Gasteiger partial charge in [0.25, 0.3) is 0 Å². The summed E-state index contributed by atoms with van der Waals surface area (Å²) in [7, 11) is 0. The van der Waals surface area contributed by atoms with Crippen LogP contribution in [0.5, 0.6) is 0 Å². The van der Waals surface area contributed by atoms with E-state index in [0.717, 1.165) is 31.5 Å². The quantitative estimate of drug-likeness (QED) is 0.788. The van der Waals surface area contributed by atoms with Gasteiger partial charge < -0.3 is 0 Å². The number of hydrogen-bond acceptors (Lipinski definition) is 2. The van der Waals surface area contributed by atoms with Gasteiger partial charge in [-0.2, -0.15) is 5.26 Å². The van der Waals surface area contributed by atoms with Crippen LogP contribution in [0.4, 0.5) is 0 Å². The van der Waals surface area contributed by atoms with Gasteiger partial charge in [0.15, 0.2) is 5.54 Å². The Morgan fingerprint density at radius 2 is 1.72 bits per heavy atom. The van der Waals surface area contributed by atoms with Gasteiger partial charge >= 0.3 is 0 Å². The number of nitrogens with zero attached hydrogens (tertiary/aromatic N) is 2. The molecular weight excluding hydrogens is 304 g/mol. The molecule has 0 spiro atoms. The summed E-state index contributed by atoms with van der Waals surface area (Å²) in [4.78, 5) is 2.52. The van der Waals surface area contributed by atoms with Crippen LogP contribution in [0.25, 0.3) is 0 Å². The lowest BCUT2D eigenvalue weighted by Gasteiger charge is -2.38. The average Bonchev–Trinajstić information content (AvgIpc) is 3.46. The first-order valence-corrected chi connectivity index (χ1v) is 8.99. The van der Waals surface area contributed by atoms with E-state index in [-0.39, 0.29) is 5.54 Å². The van der Waals surface area contributed by atoms with E-state index in [2.05, 4.69) is 67.0 Å². The predicted molar refractivity (Wildman–Crippen MR) is 100 cm³/mol. The minimum atomic E-state index is -0.189. The zero-order valence-corrected chi connectivity index (χ0v) is 14.8. The van der Waals surface area contributed by atoms with Gasteiger partial charge in [-0.15, -0.1) is 0 Å². The van der Waals surface area contributed by atoms with E-state index in [9.17, 15) is 0 Å². The molecule has 0 atom stereocenters. The molecule has 0 saturated carbocycles. The van der Waals surface area contributed by atoms with Gasteiger partial charge in [-0.1, -0.05) is 47.7 Å². The Hall–Kier alpha value is -2.55. The lowest BCUT2D eigenvalue weighted by Crippen LogP contribution is -2.43. The van der Waals surface area contributed by atoms with Gasteiger partial charge in [-0.05, 0) is 61.4 Å². The molecule has 1 aliphatic heterocycles. The summed E-state index contributed by atoms with van der Waals surface area (Å²) in [6.07, 6.45) is 2.28. The summed E-state index contributed by atoms with van der Waals surface area (Å²) in [5.74, 6) is 7.40. The van der Waals surface area contributed by atoms with E-state index < -0.39 is 0 Å². The van der Waals surface area contributed by atoms with E-state index in [0.29, 0.717) is 5.92 Å². The zero-order valence-electron chi connectivity index (χ0n) is 14.8. The molecule has 0 bridgehead atoms. The summed E-state index contributed by atoms with van der Waals surface area (Å²) in [6.45, 7) is 6.44. The third kappa shape index (κ3) is 2.84. The van der Waals surface area contributed by atoms with Crippen molar-refractivity contribution in [2.24, 2.45) is 0 Å². The molecule has 2 aromatic rings. The minimum absolute atomic E-state index is 0.189. The lowest BCUT2D eigenvalue weighted by atomic mass is 9.86. The fourth-order valence-electron chi connectivity index (χ4n) is 4.03. The van der Waals surface area contributed by atoms with Crippen molar-refractivity contribution >= 4 is 0 Å². The van der Waals surface area contributed by atoms with Crippen LogP contribution in [-0.4, -0.2) is 18.0 Å². The first-order chi connectivity index (χ1) is 12.1. The van der Waals surface area contributed by atoms with Crippen molar-refractivity contribution in [2.75, 3.05) is 13.1 Å². The average molecular weight is 326 g/mol. The van der Waals surface area contributed by atoms with E-state index >= 15 is 0 Å². The molecule has 4 rings (SSSR count). The van der Waals surface area contributed by atoms with E-state index in [1.165, 1.54) is 22.3 Å². The number of likely N-dealkylation sites (tertiary alicyclic amines) is 1.